The maximum absolute atomic E-state index is 12.2. The Morgan fingerprint density at radius 3 is 2.33 bits per heavy atom. The van der Waals surface area contributed by atoms with Crippen LogP contribution in [0.5, 0.6) is 0 Å². The van der Waals surface area contributed by atoms with Crippen molar-refractivity contribution in [3.8, 4) is 0 Å². The minimum absolute atomic E-state index is 0.0555. The molecular formula is C21H25N3O3. The monoisotopic (exact) mass is 367 g/mol. The molecule has 0 aliphatic carbocycles. The average Bonchev–Trinajstić information content (AvgIpc) is 2.62. The van der Waals surface area contributed by atoms with E-state index < -0.39 is 0 Å². The summed E-state index contributed by atoms with van der Waals surface area (Å²) in [4.78, 5) is 35.5. The minimum Gasteiger partial charge on any atom is -0.376 e. The van der Waals surface area contributed by atoms with Crippen LogP contribution >= 0.6 is 0 Å². The van der Waals surface area contributed by atoms with Crippen molar-refractivity contribution in [1.29, 1.82) is 0 Å². The van der Waals surface area contributed by atoms with Crippen LogP contribution in [0.25, 0.3) is 0 Å². The molecule has 3 N–H and O–H groups in total. The number of carbonyl (C=O) groups excluding carboxylic acids is 3. The zero-order valence-corrected chi connectivity index (χ0v) is 16.1. The predicted molar refractivity (Wildman–Crippen MR) is 108 cm³/mol. The fourth-order valence-electron chi connectivity index (χ4n) is 2.37. The molecule has 0 saturated carbocycles. The first kappa shape index (κ1) is 20.2. The van der Waals surface area contributed by atoms with Crippen LogP contribution in [0.1, 0.15) is 36.7 Å². The summed E-state index contributed by atoms with van der Waals surface area (Å²) in [5.41, 5.74) is 3.53. The highest BCUT2D eigenvalue weighted by atomic mass is 16.2. The van der Waals surface area contributed by atoms with E-state index in [1.807, 2.05) is 32.9 Å². The van der Waals surface area contributed by atoms with Gasteiger partial charge < -0.3 is 16.0 Å². The van der Waals surface area contributed by atoms with E-state index in [2.05, 4.69) is 16.0 Å². The largest absolute Gasteiger partial charge is 0.376 e. The zero-order valence-electron chi connectivity index (χ0n) is 16.1. The van der Waals surface area contributed by atoms with Crippen molar-refractivity contribution in [1.82, 2.24) is 0 Å². The molecule has 0 fully saturated rings. The van der Waals surface area contributed by atoms with Gasteiger partial charge in [0, 0.05) is 28.5 Å². The molecule has 0 spiro atoms. The molecule has 142 valence electrons. The summed E-state index contributed by atoms with van der Waals surface area (Å²) in [5, 5.41) is 8.69. The van der Waals surface area contributed by atoms with Crippen molar-refractivity contribution in [2.75, 3.05) is 22.5 Å². The van der Waals surface area contributed by atoms with Gasteiger partial charge in [-0.05, 0) is 43.7 Å². The van der Waals surface area contributed by atoms with Crippen molar-refractivity contribution in [3.05, 3.63) is 53.6 Å². The lowest BCUT2D eigenvalue weighted by Crippen LogP contribution is -2.22. The van der Waals surface area contributed by atoms with E-state index in [4.69, 9.17) is 0 Å². The van der Waals surface area contributed by atoms with E-state index in [1.165, 1.54) is 6.92 Å². The number of rotatable bonds is 7. The Morgan fingerprint density at radius 1 is 0.963 bits per heavy atom. The van der Waals surface area contributed by atoms with Crippen molar-refractivity contribution >= 4 is 34.7 Å². The average molecular weight is 367 g/mol. The summed E-state index contributed by atoms with van der Waals surface area (Å²) in [7, 11) is 0. The Balaban J connectivity index is 1.99. The lowest BCUT2D eigenvalue weighted by molar-refractivity contribution is -0.119. The summed E-state index contributed by atoms with van der Waals surface area (Å²) in [6.45, 7) is 7.12. The van der Waals surface area contributed by atoms with Gasteiger partial charge in [-0.1, -0.05) is 32.0 Å². The smallest absolute Gasteiger partial charge is 0.243 e. The van der Waals surface area contributed by atoms with E-state index in [0.717, 1.165) is 11.3 Å². The molecule has 2 aromatic rings. The van der Waals surface area contributed by atoms with Crippen LogP contribution in [0.15, 0.2) is 42.5 Å². The van der Waals surface area contributed by atoms with Gasteiger partial charge in [-0.15, -0.1) is 0 Å². The summed E-state index contributed by atoms with van der Waals surface area (Å²) >= 11 is 0. The van der Waals surface area contributed by atoms with Gasteiger partial charge in [-0.2, -0.15) is 0 Å². The number of amides is 2. The molecule has 2 rings (SSSR count). The molecule has 0 radical (unpaired) electrons. The van der Waals surface area contributed by atoms with Crippen molar-refractivity contribution in [2.24, 2.45) is 5.92 Å². The van der Waals surface area contributed by atoms with Crippen LogP contribution in [-0.2, 0) is 9.59 Å². The van der Waals surface area contributed by atoms with Crippen LogP contribution in [0.4, 0.5) is 17.1 Å². The van der Waals surface area contributed by atoms with Crippen molar-refractivity contribution in [2.45, 2.75) is 27.7 Å². The molecule has 6 nitrogen and oxygen atoms in total. The number of hydrogen-bond donors (Lipinski definition) is 3. The van der Waals surface area contributed by atoms with Gasteiger partial charge in [-0.25, -0.2) is 0 Å². The van der Waals surface area contributed by atoms with Gasteiger partial charge in [0.1, 0.15) is 0 Å². The van der Waals surface area contributed by atoms with E-state index in [9.17, 15) is 14.4 Å². The third-order valence-electron chi connectivity index (χ3n) is 4.02. The van der Waals surface area contributed by atoms with Gasteiger partial charge in [0.25, 0.3) is 0 Å². The summed E-state index contributed by atoms with van der Waals surface area (Å²) in [6, 6.07) is 12.3. The van der Waals surface area contributed by atoms with Gasteiger partial charge >= 0.3 is 0 Å². The highest BCUT2D eigenvalue weighted by molar-refractivity contribution is 5.98. The molecule has 0 aliphatic heterocycles. The summed E-state index contributed by atoms with van der Waals surface area (Å²) < 4.78 is 0. The second-order valence-electron chi connectivity index (χ2n) is 6.71. The molecule has 0 unspecified atom stereocenters. The zero-order chi connectivity index (χ0) is 20.0. The number of aryl methyl sites for hydroxylation is 1. The Kier molecular flexibility index (Phi) is 6.71. The molecule has 0 bridgehead atoms. The molecule has 0 aliphatic rings. The number of anilines is 3. The Hall–Kier alpha value is -3.15. The van der Waals surface area contributed by atoms with Crippen LogP contribution in [0.3, 0.4) is 0 Å². The van der Waals surface area contributed by atoms with E-state index in [1.54, 1.807) is 30.3 Å². The Morgan fingerprint density at radius 2 is 1.67 bits per heavy atom. The van der Waals surface area contributed by atoms with E-state index in [0.29, 0.717) is 16.9 Å². The summed E-state index contributed by atoms with van der Waals surface area (Å²) in [5.74, 6) is -0.459. The first-order valence-corrected chi connectivity index (χ1v) is 8.82. The lowest BCUT2D eigenvalue weighted by atomic mass is 10.1. The second-order valence-corrected chi connectivity index (χ2v) is 6.71. The molecular weight excluding hydrogens is 342 g/mol. The van der Waals surface area contributed by atoms with Crippen LogP contribution in [0, 0.1) is 12.8 Å². The fraction of sp³-hybridized carbons (Fsp3) is 0.286. The topological polar surface area (TPSA) is 87.3 Å². The summed E-state index contributed by atoms with van der Waals surface area (Å²) in [6.07, 6.45) is 0. The van der Waals surface area contributed by atoms with E-state index >= 15 is 0 Å². The third kappa shape index (κ3) is 5.95. The molecule has 0 atom stereocenters. The SMILES string of the molecule is CC(=O)c1cccc(NC(=O)CNc2cc(NC(=O)C(C)C)ccc2C)c1. The molecule has 0 saturated heterocycles. The number of nitrogens with one attached hydrogen (secondary N) is 3. The van der Waals surface area contributed by atoms with Crippen LogP contribution in [-0.4, -0.2) is 24.1 Å². The highest BCUT2D eigenvalue weighted by Crippen LogP contribution is 2.21. The van der Waals surface area contributed by atoms with Gasteiger partial charge in [0.05, 0.1) is 6.54 Å². The fourth-order valence-corrected chi connectivity index (χ4v) is 2.37. The number of hydrogen-bond acceptors (Lipinski definition) is 4. The Bertz CT molecular complexity index is 860. The maximum atomic E-state index is 12.2. The van der Waals surface area contributed by atoms with Crippen molar-refractivity contribution < 1.29 is 14.4 Å². The highest BCUT2D eigenvalue weighted by Gasteiger charge is 2.09. The number of Topliss-reactive ketones (excluding diaryl/α,β-unsaturated/α-hetero) is 1. The molecule has 27 heavy (non-hydrogen) atoms. The van der Waals surface area contributed by atoms with E-state index in [-0.39, 0.29) is 30.1 Å². The van der Waals surface area contributed by atoms with Gasteiger partial charge in [0.15, 0.2) is 5.78 Å². The molecule has 2 aromatic carbocycles. The lowest BCUT2D eigenvalue weighted by Gasteiger charge is -2.13. The molecule has 0 aromatic heterocycles. The third-order valence-corrected chi connectivity index (χ3v) is 4.02. The number of benzene rings is 2. The first-order valence-electron chi connectivity index (χ1n) is 8.82. The quantitative estimate of drug-likeness (QED) is 0.649. The van der Waals surface area contributed by atoms with Crippen LogP contribution in [0.2, 0.25) is 0 Å². The molecule has 2 amide bonds. The van der Waals surface area contributed by atoms with Gasteiger partial charge in [0.2, 0.25) is 11.8 Å². The standard InChI is InChI=1S/C21H25N3O3/c1-13(2)21(27)24-18-9-8-14(3)19(11-18)22-12-20(26)23-17-7-5-6-16(10-17)15(4)25/h5-11,13,22H,12H2,1-4H3,(H,23,26)(H,24,27). The van der Waals surface area contributed by atoms with Gasteiger partial charge in [-0.3, -0.25) is 14.4 Å². The van der Waals surface area contributed by atoms with Crippen molar-refractivity contribution in [3.63, 3.8) is 0 Å². The number of ketones is 1. The second kappa shape index (κ2) is 8.98. The normalized spacial score (nSPS) is 10.4. The predicted octanol–water partition coefficient (Wildman–Crippen LogP) is 3.84. The first-order chi connectivity index (χ1) is 12.8. The molecule has 6 heteroatoms. The number of carbonyl (C=O) groups is 3. The Labute approximate surface area is 159 Å². The molecule has 0 heterocycles. The van der Waals surface area contributed by atoms with Crippen LogP contribution < -0.4 is 16.0 Å². The minimum atomic E-state index is -0.230. The maximum Gasteiger partial charge on any atom is 0.243 e.